The highest BCUT2D eigenvalue weighted by Crippen LogP contribution is 2.21. The van der Waals surface area contributed by atoms with Crippen molar-refractivity contribution in [1.29, 1.82) is 0 Å². The van der Waals surface area contributed by atoms with Gasteiger partial charge in [0.05, 0.1) is 0 Å². The summed E-state index contributed by atoms with van der Waals surface area (Å²) in [6.07, 6.45) is 0.973. The van der Waals surface area contributed by atoms with Gasteiger partial charge < -0.3 is 9.22 Å². The number of Topliss-reactive ketones (excluding diaryl/α,β-unsaturated/α-hetero) is 1. The Hall–Kier alpha value is -0.756. The highest BCUT2D eigenvalue weighted by Gasteiger charge is 2.29. The molecule has 0 saturated heterocycles. The van der Waals surface area contributed by atoms with Gasteiger partial charge in [0, 0.05) is 5.56 Å². The molecule has 1 rings (SSSR count). The molecule has 124 valence electrons. The van der Waals surface area contributed by atoms with E-state index in [-0.39, 0.29) is 5.78 Å². The van der Waals surface area contributed by atoms with Crippen molar-refractivity contribution in [3.8, 4) is 0 Å². The Morgan fingerprint density at radius 1 is 1.09 bits per heavy atom. The molecule has 0 heterocycles. The Morgan fingerprint density at radius 3 is 2.00 bits per heavy atom. The van der Waals surface area contributed by atoms with Crippen LogP contribution in [-0.4, -0.2) is 33.1 Å². The van der Waals surface area contributed by atoms with Crippen LogP contribution in [0.2, 0.25) is 38.8 Å². The monoisotopic (exact) mass is 338 g/mol. The maximum Gasteiger partial charge on any atom is 0.193 e. The first-order valence-electron chi connectivity index (χ1n) is 7.86. The minimum Gasteiger partial charge on any atom is -0.456 e. The Kier molecular flexibility index (Phi) is 5.95. The van der Waals surface area contributed by atoms with Gasteiger partial charge in [-0.25, -0.2) is 0 Å². The number of carbonyl (C=O) groups is 1. The second-order valence-corrected chi connectivity index (χ2v) is 17.1. The van der Waals surface area contributed by atoms with Crippen LogP contribution in [0.1, 0.15) is 29.8 Å². The van der Waals surface area contributed by atoms with Crippen molar-refractivity contribution in [3.63, 3.8) is 0 Å². The summed E-state index contributed by atoms with van der Waals surface area (Å²) in [4.78, 5) is 12.0. The van der Waals surface area contributed by atoms with Crippen molar-refractivity contribution in [2.75, 3.05) is 0 Å². The van der Waals surface area contributed by atoms with Crippen LogP contribution >= 0.6 is 0 Å². The van der Waals surface area contributed by atoms with E-state index >= 15 is 0 Å². The van der Waals surface area contributed by atoms with Crippen LogP contribution in [0.5, 0.6) is 0 Å². The summed E-state index contributed by atoms with van der Waals surface area (Å²) in [7, 11) is -3.12. The second-order valence-electron chi connectivity index (χ2n) is 8.06. The average molecular weight is 339 g/mol. The standard InChI is InChI=1S/C17H30O3Si2/c1-17(2,19)16(18)15-10-8-14(9-11-15)12-13-22(6,7)20-21(3,4)5/h8-11,19H,12-13H2,1-7H3. The number of ketones is 1. The zero-order valence-corrected chi connectivity index (χ0v) is 17.0. The molecule has 0 unspecified atom stereocenters. The van der Waals surface area contributed by atoms with Crippen LogP contribution in [-0.2, 0) is 10.5 Å². The lowest BCUT2D eigenvalue weighted by Gasteiger charge is -2.31. The van der Waals surface area contributed by atoms with E-state index in [1.807, 2.05) is 24.3 Å². The minimum atomic E-state index is -1.63. The number of aliphatic hydroxyl groups is 1. The quantitative estimate of drug-likeness (QED) is 0.597. The van der Waals surface area contributed by atoms with Crippen LogP contribution in [0.15, 0.2) is 24.3 Å². The molecule has 0 spiro atoms. The number of rotatable bonds is 7. The molecule has 0 bridgehead atoms. The van der Waals surface area contributed by atoms with Crippen molar-refractivity contribution in [3.05, 3.63) is 35.4 Å². The molecule has 0 amide bonds. The van der Waals surface area contributed by atoms with Crippen molar-refractivity contribution >= 4 is 22.4 Å². The molecule has 1 aromatic rings. The van der Waals surface area contributed by atoms with Crippen LogP contribution in [0.4, 0.5) is 0 Å². The Bertz CT molecular complexity index is 508. The van der Waals surface area contributed by atoms with Gasteiger partial charge in [0.15, 0.2) is 22.4 Å². The molecule has 1 N–H and O–H groups in total. The SMILES string of the molecule is CC(C)(O)C(=O)c1ccc(CC[Si](C)(C)O[Si](C)(C)C)cc1. The zero-order valence-electron chi connectivity index (χ0n) is 15.0. The summed E-state index contributed by atoms with van der Waals surface area (Å²) >= 11 is 0. The molecule has 0 aliphatic carbocycles. The molecule has 0 saturated carbocycles. The van der Waals surface area contributed by atoms with E-state index in [1.165, 1.54) is 19.4 Å². The van der Waals surface area contributed by atoms with E-state index in [0.29, 0.717) is 5.56 Å². The molecular formula is C17H30O3Si2. The summed E-state index contributed by atoms with van der Waals surface area (Å²) in [6.45, 7) is 14.3. The number of carbonyl (C=O) groups excluding carboxylic acids is 1. The van der Waals surface area contributed by atoms with Gasteiger partial charge in [0.25, 0.3) is 0 Å². The highest BCUT2D eigenvalue weighted by molar-refractivity contribution is 6.84. The zero-order chi connectivity index (χ0) is 17.2. The lowest BCUT2D eigenvalue weighted by Crippen LogP contribution is -2.42. The van der Waals surface area contributed by atoms with E-state index < -0.39 is 22.2 Å². The van der Waals surface area contributed by atoms with Crippen LogP contribution in [0, 0.1) is 0 Å². The molecule has 3 nitrogen and oxygen atoms in total. The molecular weight excluding hydrogens is 308 g/mol. The van der Waals surface area contributed by atoms with E-state index in [4.69, 9.17) is 4.12 Å². The van der Waals surface area contributed by atoms with Gasteiger partial charge in [-0.15, -0.1) is 0 Å². The summed E-state index contributed by atoms with van der Waals surface area (Å²) in [5.74, 6) is -0.240. The maximum absolute atomic E-state index is 12.0. The maximum atomic E-state index is 12.0. The number of aryl methyl sites for hydroxylation is 1. The van der Waals surface area contributed by atoms with Crippen molar-refractivity contribution in [1.82, 2.24) is 0 Å². The Morgan fingerprint density at radius 2 is 1.59 bits per heavy atom. The van der Waals surface area contributed by atoms with Gasteiger partial charge in [-0.3, -0.25) is 4.79 Å². The topological polar surface area (TPSA) is 46.5 Å². The smallest absolute Gasteiger partial charge is 0.193 e. The van der Waals surface area contributed by atoms with Crippen molar-refractivity contribution in [2.45, 2.75) is 64.6 Å². The minimum absolute atomic E-state index is 0.240. The van der Waals surface area contributed by atoms with E-state index in [9.17, 15) is 9.90 Å². The van der Waals surface area contributed by atoms with E-state index in [0.717, 1.165) is 12.5 Å². The lowest BCUT2D eigenvalue weighted by atomic mass is 9.96. The first-order valence-corrected chi connectivity index (χ1v) is 14.4. The molecule has 5 heteroatoms. The van der Waals surface area contributed by atoms with Crippen molar-refractivity contribution < 1.29 is 14.0 Å². The fourth-order valence-electron chi connectivity index (χ4n) is 2.50. The van der Waals surface area contributed by atoms with Gasteiger partial charge in [0.2, 0.25) is 0 Å². The predicted molar refractivity (Wildman–Crippen MR) is 97.5 cm³/mol. The number of benzene rings is 1. The van der Waals surface area contributed by atoms with Crippen LogP contribution in [0.25, 0.3) is 0 Å². The fourth-order valence-corrected chi connectivity index (χ4v) is 10.4. The molecule has 0 radical (unpaired) electrons. The molecule has 22 heavy (non-hydrogen) atoms. The second kappa shape index (κ2) is 6.78. The van der Waals surface area contributed by atoms with Gasteiger partial charge in [-0.1, -0.05) is 24.3 Å². The van der Waals surface area contributed by atoms with Crippen molar-refractivity contribution in [2.24, 2.45) is 0 Å². The average Bonchev–Trinajstić information content (AvgIpc) is 2.32. The number of hydrogen-bond acceptors (Lipinski definition) is 3. The summed E-state index contributed by atoms with van der Waals surface area (Å²) in [5, 5.41) is 9.77. The molecule has 0 atom stereocenters. The van der Waals surface area contributed by atoms with Gasteiger partial charge in [0.1, 0.15) is 5.60 Å². The molecule has 0 aliphatic heterocycles. The van der Waals surface area contributed by atoms with Crippen LogP contribution < -0.4 is 0 Å². The fraction of sp³-hybridized carbons (Fsp3) is 0.588. The normalized spacial score (nSPS) is 13.3. The first kappa shape index (κ1) is 19.3. The largest absolute Gasteiger partial charge is 0.456 e. The van der Waals surface area contributed by atoms with Gasteiger partial charge in [-0.05, 0) is 64.6 Å². The summed E-state index contributed by atoms with van der Waals surface area (Å²) in [6, 6.07) is 8.67. The third-order valence-corrected chi connectivity index (χ3v) is 9.48. The lowest BCUT2D eigenvalue weighted by molar-refractivity contribution is 0.0488. The van der Waals surface area contributed by atoms with E-state index in [1.54, 1.807) is 0 Å². The summed E-state index contributed by atoms with van der Waals surface area (Å²) in [5.41, 5.74) is 0.458. The van der Waals surface area contributed by atoms with Gasteiger partial charge >= 0.3 is 0 Å². The molecule has 0 fully saturated rings. The Labute approximate surface area is 137 Å². The highest BCUT2D eigenvalue weighted by atomic mass is 28.4. The molecule has 0 aliphatic rings. The van der Waals surface area contributed by atoms with E-state index in [2.05, 4.69) is 32.7 Å². The Balaban J connectivity index is 2.68. The number of hydrogen-bond donors (Lipinski definition) is 1. The molecule has 0 aromatic heterocycles. The first-order chi connectivity index (χ1) is 9.80. The van der Waals surface area contributed by atoms with Gasteiger partial charge in [-0.2, -0.15) is 0 Å². The third-order valence-electron chi connectivity index (χ3n) is 3.37. The summed E-state index contributed by atoms with van der Waals surface area (Å²) < 4.78 is 6.34. The van der Waals surface area contributed by atoms with Crippen LogP contribution in [0.3, 0.4) is 0 Å². The molecule has 1 aromatic carbocycles. The predicted octanol–water partition coefficient (Wildman–Crippen LogP) is 4.24. The third kappa shape index (κ3) is 6.56.